The van der Waals surface area contributed by atoms with Crippen LogP contribution in [0.5, 0.6) is 5.75 Å². The summed E-state index contributed by atoms with van der Waals surface area (Å²) in [7, 11) is 0. The topological polar surface area (TPSA) is 76.1 Å². The van der Waals surface area contributed by atoms with Crippen molar-refractivity contribution in [1.82, 2.24) is 9.97 Å². The number of aryl methyl sites for hydroxylation is 1. The van der Waals surface area contributed by atoms with Crippen molar-refractivity contribution in [2.75, 3.05) is 10.6 Å². The van der Waals surface area contributed by atoms with Crippen LogP contribution in [0, 0.1) is 6.92 Å². The van der Waals surface area contributed by atoms with E-state index in [0.717, 1.165) is 5.56 Å². The maximum absolute atomic E-state index is 12.5. The number of anilines is 2. The van der Waals surface area contributed by atoms with Crippen LogP contribution in [0.2, 0.25) is 0 Å². The van der Waals surface area contributed by atoms with Crippen LogP contribution in [-0.4, -0.2) is 22.0 Å². The minimum Gasteiger partial charge on any atom is -0.489 e. The molecule has 2 aromatic carbocycles. The fourth-order valence-electron chi connectivity index (χ4n) is 2.66. The first-order valence-electron chi connectivity index (χ1n) is 9.20. The highest BCUT2D eigenvalue weighted by Gasteiger charge is 2.12. The van der Waals surface area contributed by atoms with Crippen molar-refractivity contribution < 1.29 is 9.53 Å². The summed E-state index contributed by atoms with van der Waals surface area (Å²) in [4.78, 5) is 21.0. The third-order valence-corrected chi connectivity index (χ3v) is 3.94. The summed E-state index contributed by atoms with van der Waals surface area (Å²) < 4.78 is 5.72. The Balaban J connectivity index is 1.62. The van der Waals surface area contributed by atoms with Crippen LogP contribution in [0.3, 0.4) is 0 Å². The Morgan fingerprint density at radius 1 is 1.07 bits per heavy atom. The molecule has 0 unspecified atom stereocenters. The highest BCUT2D eigenvalue weighted by atomic mass is 16.5. The molecule has 1 heterocycles. The van der Waals surface area contributed by atoms with E-state index in [1.54, 1.807) is 12.3 Å². The number of amides is 1. The van der Waals surface area contributed by atoms with Gasteiger partial charge < -0.3 is 15.4 Å². The third-order valence-electron chi connectivity index (χ3n) is 3.94. The molecule has 0 bridgehead atoms. The number of para-hydroxylation sites is 2. The minimum atomic E-state index is -0.336. The SMILES string of the molecule is Cc1cccc(CNc2cnc(C(=O)Nc3ccccc3OC(C)C)cn2)c1. The lowest BCUT2D eigenvalue weighted by Crippen LogP contribution is -2.16. The summed E-state index contributed by atoms with van der Waals surface area (Å²) in [5.74, 6) is 0.898. The highest BCUT2D eigenvalue weighted by molar-refractivity contribution is 6.03. The average Bonchev–Trinajstić information content (AvgIpc) is 2.68. The van der Waals surface area contributed by atoms with E-state index in [9.17, 15) is 4.79 Å². The molecule has 0 spiro atoms. The number of nitrogens with zero attached hydrogens (tertiary/aromatic N) is 2. The fourth-order valence-corrected chi connectivity index (χ4v) is 2.66. The molecule has 6 nitrogen and oxygen atoms in total. The van der Waals surface area contributed by atoms with Crippen molar-refractivity contribution in [3.63, 3.8) is 0 Å². The van der Waals surface area contributed by atoms with Gasteiger partial charge in [0.25, 0.3) is 5.91 Å². The number of aromatic nitrogens is 2. The molecule has 0 saturated carbocycles. The second-order valence-corrected chi connectivity index (χ2v) is 6.75. The van der Waals surface area contributed by atoms with Crippen molar-refractivity contribution in [3.05, 3.63) is 77.7 Å². The second-order valence-electron chi connectivity index (χ2n) is 6.75. The van der Waals surface area contributed by atoms with Gasteiger partial charge >= 0.3 is 0 Å². The van der Waals surface area contributed by atoms with Crippen LogP contribution in [0.25, 0.3) is 0 Å². The molecule has 1 amide bonds. The van der Waals surface area contributed by atoms with Crippen LogP contribution in [-0.2, 0) is 6.54 Å². The zero-order valence-corrected chi connectivity index (χ0v) is 16.3. The molecular weight excluding hydrogens is 352 g/mol. The predicted molar refractivity (Wildman–Crippen MR) is 111 cm³/mol. The number of carbonyl (C=O) groups excluding carboxylic acids is 1. The van der Waals surface area contributed by atoms with E-state index >= 15 is 0 Å². The molecule has 0 aliphatic carbocycles. The van der Waals surface area contributed by atoms with Crippen LogP contribution in [0.15, 0.2) is 60.9 Å². The minimum absolute atomic E-state index is 0.0107. The summed E-state index contributed by atoms with van der Waals surface area (Å²) in [6.07, 6.45) is 3.03. The molecule has 144 valence electrons. The molecule has 0 fully saturated rings. The van der Waals surface area contributed by atoms with Crippen LogP contribution in [0.4, 0.5) is 11.5 Å². The maximum Gasteiger partial charge on any atom is 0.275 e. The number of nitrogens with one attached hydrogen (secondary N) is 2. The molecule has 2 N–H and O–H groups in total. The number of benzene rings is 2. The van der Waals surface area contributed by atoms with Crippen molar-refractivity contribution >= 4 is 17.4 Å². The average molecular weight is 376 g/mol. The summed E-state index contributed by atoms with van der Waals surface area (Å²) in [5, 5.41) is 6.04. The number of rotatable bonds is 7. The Labute approximate surface area is 165 Å². The predicted octanol–water partition coefficient (Wildman–Crippen LogP) is 4.44. The Bertz CT molecular complexity index is 939. The Morgan fingerprint density at radius 3 is 2.61 bits per heavy atom. The first kappa shape index (κ1) is 19.4. The molecule has 3 rings (SSSR count). The van der Waals surface area contributed by atoms with E-state index in [1.165, 1.54) is 11.8 Å². The van der Waals surface area contributed by atoms with E-state index in [1.807, 2.05) is 44.2 Å². The molecule has 3 aromatic rings. The zero-order valence-electron chi connectivity index (χ0n) is 16.3. The van der Waals surface area contributed by atoms with Crippen molar-refractivity contribution in [2.24, 2.45) is 0 Å². The quantitative estimate of drug-likeness (QED) is 0.638. The first-order valence-corrected chi connectivity index (χ1v) is 9.20. The Kier molecular flexibility index (Phi) is 6.22. The molecule has 6 heteroatoms. The van der Waals surface area contributed by atoms with Crippen LogP contribution < -0.4 is 15.4 Å². The van der Waals surface area contributed by atoms with E-state index in [0.29, 0.717) is 23.8 Å². The summed E-state index contributed by atoms with van der Waals surface area (Å²) >= 11 is 0. The third kappa shape index (κ3) is 5.30. The van der Waals surface area contributed by atoms with Gasteiger partial charge in [-0.3, -0.25) is 4.79 Å². The lowest BCUT2D eigenvalue weighted by Gasteiger charge is -2.14. The molecule has 1 aromatic heterocycles. The number of hydrogen-bond acceptors (Lipinski definition) is 5. The van der Waals surface area contributed by atoms with Crippen molar-refractivity contribution in [2.45, 2.75) is 33.4 Å². The smallest absolute Gasteiger partial charge is 0.275 e. The van der Waals surface area contributed by atoms with Gasteiger partial charge in [-0.05, 0) is 38.5 Å². The molecule has 0 aliphatic heterocycles. The zero-order chi connectivity index (χ0) is 19.9. The van der Waals surface area contributed by atoms with Gasteiger partial charge in [-0.2, -0.15) is 0 Å². The van der Waals surface area contributed by atoms with Gasteiger partial charge in [-0.15, -0.1) is 0 Å². The normalized spacial score (nSPS) is 10.6. The lowest BCUT2D eigenvalue weighted by molar-refractivity contribution is 0.102. The van der Waals surface area contributed by atoms with E-state index < -0.39 is 0 Å². The van der Waals surface area contributed by atoms with Gasteiger partial charge in [-0.1, -0.05) is 42.0 Å². The number of ether oxygens (including phenoxy) is 1. The van der Waals surface area contributed by atoms with E-state index in [2.05, 4.69) is 39.7 Å². The monoisotopic (exact) mass is 376 g/mol. The Hall–Kier alpha value is -3.41. The number of carbonyl (C=O) groups is 1. The number of hydrogen-bond donors (Lipinski definition) is 2. The maximum atomic E-state index is 12.5. The van der Waals surface area contributed by atoms with Crippen molar-refractivity contribution in [3.8, 4) is 5.75 Å². The van der Waals surface area contributed by atoms with Crippen LogP contribution in [0.1, 0.15) is 35.5 Å². The Morgan fingerprint density at radius 2 is 1.89 bits per heavy atom. The van der Waals surface area contributed by atoms with Crippen molar-refractivity contribution in [1.29, 1.82) is 0 Å². The molecule has 0 aliphatic rings. The molecule has 0 saturated heterocycles. The summed E-state index contributed by atoms with van der Waals surface area (Å²) in [5.41, 5.74) is 3.20. The van der Waals surface area contributed by atoms with Gasteiger partial charge in [0.1, 0.15) is 17.3 Å². The first-order chi connectivity index (χ1) is 13.5. The van der Waals surface area contributed by atoms with Crippen LogP contribution >= 0.6 is 0 Å². The largest absolute Gasteiger partial charge is 0.489 e. The van der Waals surface area contributed by atoms with Gasteiger partial charge in [0.15, 0.2) is 0 Å². The van der Waals surface area contributed by atoms with Gasteiger partial charge in [0, 0.05) is 6.54 Å². The van der Waals surface area contributed by atoms with Gasteiger partial charge in [-0.25, -0.2) is 9.97 Å². The summed E-state index contributed by atoms with van der Waals surface area (Å²) in [6.45, 7) is 6.57. The fraction of sp³-hybridized carbons (Fsp3) is 0.227. The van der Waals surface area contributed by atoms with E-state index in [-0.39, 0.29) is 17.7 Å². The highest BCUT2D eigenvalue weighted by Crippen LogP contribution is 2.25. The molecule has 0 radical (unpaired) electrons. The van der Waals surface area contributed by atoms with Gasteiger partial charge in [0.05, 0.1) is 24.2 Å². The van der Waals surface area contributed by atoms with E-state index in [4.69, 9.17) is 4.74 Å². The lowest BCUT2D eigenvalue weighted by atomic mass is 10.1. The molecule has 0 atom stereocenters. The summed E-state index contributed by atoms with van der Waals surface area (Å²) in [6, 6.07) is 15.5. The molecular formula is C22H24N4O2. The van der Waals surface area contributed by atoms with Gasteiger partial charge in [0.2, 0.25) is 0 Å². The second kappa shape index (κ2) is 8.99. The molecule has 28 heavy (non-hydrogen) atoms. The standard InChI is InChI=1S/C22H24N4O2/c1-15(2)28-20-10-5-4-9-18(20)26-22(27)19-13-25-21(14-23-19)24-12-17-8-6-7-16(3)11-17/h4-11,13-15H,12H2,1-3H3,(H,24,25)(H,26,27).